The second kappa shape index (κ2) is 10.8. The Labute approximate surface area is 202 Å². The predicted octanol–water partition coefficient (Wildman–Crippen LogP) is 4.60. The Morgan fingerprint density at radius 1 is 1.26 bits per heavy atom. The highest BCUT2D eigenvalue weighted by molar-refractivity contribution is 7.91. The molecule has 10 heteroatoms. The highest BCUT2D eigenvalue weighted by Gasteiger charge is 2.27. The number of thiazole rings is 1. The summed E-state index contributed by atoms with van der Waals surface area (Å²) in [5.74, 6) is -0.242. The minimum Gasteiger partial charge on any atom is -0.492 e. The SMILES string of the molecule is CCOc1cccc2sc(N(CC3CCCO3)C(=O)CCCS(=O)(=O)c3ccc(F)cc3)nc12. The fourth-order valence-corrected chi connectivity index (χ4v) is 6.21. The Morgan fingerprint density at radius 3 is 2.76 bits per heavy atom. The van der Waals surface area contributed by atoms with E-state index < -0.39 is 15.7 Å². The number of nitrogens with zero attached hydrogens (tertiary/aromatic N) is 2. The maximum absolute atomic E-state index is 13.2. The molecule has 7 nitrogen and oxygen atoms in total. The van der Waals surface area contributed by atoms with Gasteiger partial charge in [-0.1, -0.05) is 17.4 Å². The van der Waals surface area contributed by atoms with Gasteiger partial charge in [0.05, 0.1) is 34.6 Å². The summed E-state index contributed by atoms with van der Waals surface area (Å²) >= 11 is 1.40. The molecular formula is C24H27FN2O5S2. The Hall–Kier alpha value is -2.56. The van der Waals surface area contributed by atoms with E-state index in [4.69, 9.17) is 14.5 Å². The van der Waals surface area contributed by atoms with Crippen LogP contribution in [-0.4, -0.2) is 50.9 Å². The summed E-state index contributed by atoms with van der Waals surface area (Å²) in [5, 5.41) is 0.545. The van der Waals surface area contributed by atoms with Crippen LogP contribution in [0.3, 0.4) is 0 Å². The van der Waals surface area contributed by atoms with E-state index >= 15 is 0 Å². The number of benzene rings is 2. The topological polar surface area (TPSA) is 85.8 Å². The average Bonchev–Trinajstić information content (AvgIpc) is 3.48. The van der Waals surface area contributed by atoms with Gasteiger partial charge in [0.1, 0.15) is 17.1 Å². The van der Waals surface area contributed by atoms with Gasteiger partial charge in [0.2, 0.25) is 5.91 Å². The van der Waals surface area contributed by atoms with Crippen molar-refractivity contribution in [2.75, 3.05) is 30.4 Å². The van der Waals surface area contributed by atoms with E-state index in [-0.39, 0.29) is 35.5 Å². The van der Waals surface area contributed by atoms with Crippen molar-refractivity contribution < 1.29 is 27.1 Å². The molecule has 0 spiro atoms. The van der Waals surface area contributed by atoms with Crippen molar-refractivity contribution >= 4 is 42.4 Å². The lowest BCUT2D eigenvalue weighted by atomic mass is 10.2. The zero-order valence-electron chi connectivity index (χ0n) is 18.9. The van der Waals surface area contributed by atoms with E-state index in [0.29, 0.717) is 36.2 Å². The van der Waals surface area contributed by atoms with Crippen LogP contribution in [0, 0.1) is 5.82 Å². The molecule has 1 fully saturated rings. The summed E-state index contributed by atoms with van der Waals surface area (Å²) in [6.45, 7) is 3.44. The summed E-state index contributed by atoms with van der Waals surface area (Å²) in [7, 11) is -3.61. The molecular weight excluding hydrogens is 479 g/mol. The molecule has 0 N–H and O–H groups in total. The van der Waals surface area contributed by atoms with Gasteiger partial charge in [-0.05, 0) is 62.6 Å². The standard InChI is InChI=1S/C24H27FN2O5S2/c1-2-31-20-7-3-8-21-23(20)26-24(33-21)27(16-18-6-4-14-32-18)22(28)9-5-15-34(29,30)19-12-10-17(25)11-13-19/h3,7-8,10-13,18H,2,4-6,9,14-16H2,1H3. The number of aromatic nitrogens is 1. The van der Waals surface area contributed by atoms with E-state index in [2.05, 4.69) is 0 Å². The first-order valence-electron chi connectivity index (χ1n) is 11.3. The fourth-order valence-electron chi connectivity index (χ4n) is 3.89. The number of anilines is 1. The van der Waals surface area contributed by atoms with Crippen molar-refractivity contribution in [1.82, 2.24) is 4.98 Å². The van der Waals surface area contributed by atoms with Crippen molar-refractivity contribution in [2.24, 2.45) is 0 Å². The molecule has 1 aliphatic heterocycles. The second-order valence-electron chi connectivity index (χ2n) is 8.05. The van der Waals surface area contributed by atoms with E-state index in [9.17, 15) is 17.6 Å². The molecule has 2 aromatic carbocycles. The molecule has 1 unspecified atom stereocenters. The van der Waals surface area contributed by atoms with E-state index in [1.54, 1.807) is 4.90 Å². The third-order valence-electron chi connectivity index (χ3n) is 5.59. The molecule has 3 aromatic rings. The zero-order chi connectivity index (χ0) is 24.1. The predicted molar refractivity (Wildman–Crippen MR) is 130 cm³/mol. The number of fused-ring (bicyclic) bond motifs is 1. The maximum atomic E-state index is 13.2. The number of ether oxygens (including phenoxy) is 2. The lowest BCUT2D eigenvalue weighted by Crippen LogP contribution is -2.37. The monoisotopic (exact) mass is 506 g/mol. The highest BCUT2D eigenvalue weighted by atomic mass is 32.2. The Kier molecular flexibility index (Phi) is 7.80. The van der Waals surface area contributed by atoms with Gasteiger partial charge >= 0.3 is 0 Å². The van der Waals surface area contributed by atoms with Gasteiger partial charge in [0.15, 0.2) is 15.0 Å². The lowest BCUT2D eigenvalue weighted by Gasteiger charge is -2.23. The lowest BCUT2D eigenvalue weighted by molar-refractivity contribution is -0.119. The molecule has 0 radical (unpaired) electrons. The summed E-state index contributed by atoms with van der Waals surface area (Å²) in [4.78, 5) is 19.6. The Morgan fingerprint density at radius 2 is 2.06 bits per heavy atom. The van der Waals surface area contributed by atoms with E-state index in [1.165, 1.54) is 23.5 Å². The number of carbonyl (C=O) groups excluding carboxylic acids is 1. The molecule has 182 valence electrons. The van der Waals surface area contributed by atoms with Crippen LogP contribution in [0.1, 0.15) is 32.6 Å². The molecule has 4 rings (SSSR count). The minimum absolute atomic E-state index is 0.0430. The molecule has 1 atom stereocenters. The molecule has 34 heavy (non-hydrogen) atoms. The van der Waals surface area contributed by atoms with Crippen LogP contribution < -0.4 is 9.64 Å². The fraction of sp³-hybridized carbons (Fsp3) is 0.417. The van der Waals surface area contributed by atoms with Crippen molar-refractivity contribution in [3.05, 3.63) is 48.3 Å². The summed E-state index contributed by atoms with van der Waals surface area (Å²) < 4.78 is 50.6. The van der Waals surface area contributed by atoms with Crippen LogP contribution in [0.5, 0.6) is 5.75 Å². The van der Waals surface area contributed by atoms with Crippen LogP contribution >= 0.6 is 11.3 Å². The van der Waals surface area contributed by atoms with Gasteiger partial charge < -0.3 is 9.47 Å². The molecule has 1 saturated heterocycles. The third-order valence-corrected chi connectivity index (χ3v) is 8.45. The van der Waals surface area contributed by atoms with E-state index in [1.807, 2.05) is 25.1 Å². The zero-order valence-corrected chi connectivity index (χ0v) is 20.5. The third kappa shape index (κ3) is 5.73. The van der Waals surface area contributed by atoms with Gasteiger partial charge in [-0.25, -0.2) is 17.8 Å². The molecule has 1 amide bonds. The summed E-state index contributed by atoms with van der Waals surface area (Å²) in [6, 6.07) is 10.4. The average molecular weight is 507 g/mol. The first kappa shape index (κ1) is 24.6. The number of hydrogen-bond acceptors (Lipinski definition) is 7. The second-order valence-corrected chi connectivity index (χ2v) is 11.2. The first-order valence-corrected chi connectivity index (χ1v) is 13.8. The smallest absolute Gasteiger partial charge is 0.228 e. The Balaban J connectivity index is 1.50. The first-order chi connectivity index (χ1) is 16.4. The number of halogens is 1. The molecule has 1 aliphatic rings. The van der Waals surface area contributed by atoms with Crippen LogP contribution in [-0.2, 0) is 19.4 Å². The summed E-state index contributed by atoms with van der Waals surface area (Å²) in [5.41, 5.74) is 0.702. The van der Waals surface area contributed by atoms with Crippen molar-refractivity contribution in [1.29, 1.82) is 0 Å². The van der Waals surface area contributed by atoms with Gasteiger partial charge in [-0.3, -0.25) is 9.69 Å². The molecule has 0 aliphatic carbocycles. The van der Waals surface area contributed by atoms with Gasteiger partial charge in [-0.2, -0.15) is 0 Å². The quantitative estimate of drug-likeness (QED) is 0.374. The molecule has 1 aromatic heterocycles. The molecule has 0 bridgehead atoms. The van der Waals surface area contributed by atoms with Crippen LogP contribution in [0.25, 0.3) is 10.2 Å². The van der Waals surface area contributed by atoms with E-state index in [0.717, 1.165) is 29.7 Å². The number of carbonyl (C=O) groups is 1. The number of hydrogen-bond donors (Lipinski definition) is 0. The Bertz CT molecular complexity index is 1240. The maximum Gasteiger partial charge on any atom is 0.228 e. The van der Waals surface area contributed by atoms with Crippen molar-refractivity contribution in [3.8, 4) is 5.75 Å². The van der Waals surface area contributed by atoms with Crippen LogP contribution in [0.4, 0.5) is 9.52 Å². The number of amides is 1. The molecule has 2 heterocycles. The summed E-state index contributed by atoms with van der Waals surface area (Å²) in [6.07, 6.45) is 1.91. The number of para-hydroxylation sites is 1. The van der Waals surface area contributed by atoms with Gasteiger partial charge in [0.25, 0.3) is 0 Å². The van der Waals surface area contributed by atoms with Crippen LogP contribution in [0.15, 0.2) is 47.4 Å². The van der Waals surface area contributed by atoms with Crippen molar-refractivity contribution in [2.45, 2.75) is 43.6 Å². The minimum atomic E-state index is -3.61. The largest absolute Gasteiger partial charge is 0.492 e. The highest BCUT2D eigenvalue weighted by Crippen LogP contribution is 2.35. The number of sulfone groups is 1. The van der Waals surface area contributed by atoms with Crippen LogP contribution in [0.2, 0.25) is 0 Å². The van der Waals surface area contributed by atoms with Gasteiger partial charge in [0, 0.05) is 13.0 Å². The van der Waals surface area contributed by atoms with Crippen molar-refractivity contribution in [3.63, 3.8) is 0 Å². The number of rotatable bonds is 10. The molecule has 0 saturated carbocycles. The normalized spacial score (nSPS) is 16.1. The van der Waals surface area contributed by atoms with Gasteiger partial charge in [-0.15, -0.1) is 0 Å².